The highest BCUT2D eigenvalue weighted by Gasteiger charge is 2.23. The number of carboxylic acids is 1. The number of aliphatic carboxylic acids is 1. The van der Waals surface area contributed by atoms with Crippen molar-refractivity contribution in [1.82, 2.24) is 15.1 Å². The van der Waals surface area contributed by atoms with Crippen LogP contribution in [0.5, 0.6) is 0 Å². The van der Waals surface area contributed by atoms with Gasteiger partial charge in [-0.2, -0.15) is 5.10 Å². The lowest BCUT2D eigenvalue weighted by atomic mass is 9.92. The maximum absolute atomic E-state index is 13.4. The molecule has 0 fully saturated rings. The summed E-state index contributed by atoms with van der Waals surface area (Å²) >= 11 is 0. The van der Waals surface area contributed by atoms with E-state index in [2.05, 4.69) is 10.2 Å². The van der Waals surface area contributed by atoms with Gasteiger partial charge in [0.15, 0.2) is 11.6 Å². The molecule has 0 aliphatic rings. The lowest BCUT2D eigenvalue weighted by Crippen LogP contribution is -2.33. The number of H-pyrrole nitrogens is 1. The number of benzene rings is 1. The van der Waals surface area contributed by atoms with Gasteiger partial charge in [0.05, 0.1) is 6.42 Å². The van der Waals surface area contributed by atoms with Gasteiger partial charge in [-0.05, 0) is 23.8 Å². The Morgan fingerprint density at radius 3 is 2.42 bits per heavy atom. The maximum atomic E-state index is 13.4. The molecule has 140 valence electrons. The first-order valence-electron chi connectivity index (χ1n) is 8.09. The fraction of sp³-hybridized carbons (Fsp3) is 0.389. The zero-order valence-corrected chi connectivity index (χ0v) is 14.8. The molecule has 2 N–H and O–H groups in total. The summed E-state index contributed by atoms with van der Waals surface area (Å²) in [6, 6.07) is 4.92. The number of hydrogen-bond acceptors (Lipinski definition) is 3. The van der Waals surface area contributed by atoms with Crippen LogP contribution in [-0.2, 0) is 16.8 Å². The molecule has 8 heteroatoms. The first-order chi connectivity index (χ1) is 12.1. The minimum absolute atomic E-state index is 0.0545. The number of carboxylic acid groups (broad SMARTS) is 1. The van der Waals surface area contributed by atoms with Crippen molar-refractivity contribution in [2.45, 2.75) is 39.2 Å². The number of aromatic nitrogens is 2. The first-order valence-corrected chi connectivity index (χ1v) is 8.09. The lowest BCUT2D eigenvalue weighted by molar-refractivity contribution is -0.137. The minimum atomic E-state index is -1.06. The molecular weight excluding hydrogens is 344 g/mol. The molecule has 0 saturated heterocycles. The topological polar surface area (TPSA) is 86.3 Å². The van der Waals surface area contributed by atoms with Crippen LogP contribution in [0.2, 0.25) is 0 Å². The standard InChI is InChI=1S/C18H21F2N3O3/c1-18(2,3)15-9-14(21-22-15)17(26)23(7-6-16(24)25)10-11-4-5-12(19)13(20)8-11/h4-5,8-9H,6-7,10H2,1-3H3,(H,21,22)(H,24,25). The van der Waals surface area contributed by atoms with Gasteiger partial charge in [-0.25, -0.2) is 8.78 Å². The molecule has 26 heavy (non-hydrogen) atoms. The normalized spacial score (nSPS) is 11.4. The van der Waals surface area contributed by atoms with Crippen LogP contribution in [0.1, 0.15) is 48.9 Å². The van der Waals surface area contributed by atoms with Crippen molar-refractivity contribution >= 4 is 11.9 Å². The lowest BCUT2D eigenvalue weighted by Gasteiger charge is -2.21. The Bertz CT molecular complexity index is 812. The highest BCUT2D eigenvalue weighted by Crippen LogP contribution is 2.21. The molecule has 0 bridgehead atoms. The second-order valence-electron chi connectivity index (χ2n) is 7.04. The van der Waals surface area contributed by atoms with Gasteiger partial charge in [-0.15, -0.1) is 0 Å². The van der Waals surface area contributed by atoms with Gasteiger partial charge >= 0.3 is 5.97 Å². The fourth-order valence-corrected chi connectivity index (χ4v) is 2.32. The van der Waals surface area contributed by atoms with Gasteiger partial charge in [0.1, 0.15) is 5.69 Å². The number of nitrogens with zero attached hydrogens (tertiary/aromatic N) is 2. The van der Waals surface area contributed by atoms with Crippen LogP contribution >= 0.6 is 0 Å². The molecule has 2 rings (SSSR count). The largest absolute Gasteiger partial charge is 0.481 e. The first kappa shape index (κ1) is 19.6. The van der Waals surface area contributed by atoms with Crippen LogP contribution < -0.4 is 0 Å². The number of hydrogen-bond donors (Lipinski definition) is 2. The van der Waals surface area contributed by atoms with E-state index < -0.39 is 23.5 Å². The number of rotatable bonds is 6. The van der Waals surface area contributed by atoms with Crippen LogP contribution in [0, 0.1) is 11.6 Å². The molecule has 0 atom stereocenters. The van der Waals surface area contributed by atoms with Gasteiger partial charge in [0, 0.05) is 24.2 Å². The van der Waals surface area contributed by atoms with Crippen LogP contribution in [0.25, 0.3) is 0 Å². The van der Waals surface area contributed by atoms with E-state index in [-0.39, 0.29) is 30.6 Å². The van der Waals surface area contributed by atoms with Crippen molar-refractivity contribution in [2.24, 2.45) is 0 Å². The van der Waals surface area contributed by atoms with Gasteiger partial charge in [0.2, 0.25) is 0 Å². The Morgan fingerprint density at radius 1 is 1.19 bits per heavy atom. The molecule has 0 saturated carbocycles. The Kier molecular flexibility index (Phi) is 5.74. The van der Waals surface area contributed by atoms with Crippen molar-refractivity contribution in [2.75, 3.05) is 6.54 Å². The summed E-state index contributed by atoms with van der Waals surface area (Å²) in [6.45, 7) is 5.74. The van der Waals surface area contributed by atoms with E-state index in [1.54, 1.807) is 6.07 Å². The smallest absolute Gasteiger partial charge is 0.305 e. The zero-order valence-electron chi connectivity index (χ0n) is 14.8. The molecule has 1 aromatic carbocycles. The van der Waals surface area contributed by atoms with E-state index in [0.29, 0.717) is 5.56 Å². The zero-order chi connectivity index (χ0) is 19.5. The molecule has 2 aromatic rings. The van der Waals surface area contributed by atoms with Crippen LogP contribution in [0.3, 0.4) is 0 Å². The number of carbonyl (C=O) groups is 2. The van der Waals surface area contributed by atoms with Crippen molar-refractivity contribution in [3.8, 4) is 0 Å². The van der Waals surface area contributed by atoms with Crippen LogP contribution in [-0.4, -0.2) is 38.6 Å². The molecular formula is C18H21F2N3O3. The van der Waals surface area contributed by atoms with E-state index in [9.17, 15) is 18.4 Å². The summed E-state index contributed by atoms with van der Waals surface area (Å²) in [7, 11) is 0. The molecule has 0 unspecified atom stereocenters. The van der Waals surface area contributed by atoms with E-state index in [1.807, 2.05) is 20.8 Å². The SMILES string of the molecule is CC(C)(C)c1cc(C(=O)N(CCC(=O)O)Cc2ccc(F)c(F)c2)n[nH]1. The Hall–Kier alpha value is -2.77. The van der Waals surface area contributed by atoms with Crippen molar-refractivity contribution in [3.05, 3.63) is 52.9 Å². The predicted octanol–water partition coefficient (Wildman–Crippen LogP) is 3.10. The maximum Gasteiger partial charge on any atom is 0.305 e. The number of nitrogens with one attached hydrogen (secondary N) is 1. The Labute approximate surface area is 149 Å². The highest BCUT2D eigenvalue weighted by molar-refractivity contribution is 5.92. The minimum Gasteiger partial charge on any atom is -0.481 e. The number of aromatic amines is 1. The molecule has 1 heterocycles. The van der Waals surface area contributed by atoms with E-state index in [0.717, 1.165) is 17.8 Å². The summed E-state index contributed by atoms with van der Waals surface area (Å²) in [6.07, 6.45) is -0.272. The molecule has 1 amide bonds. The third kappa shape index (κ3) is 4.87. The number of carbonyl (C=O) groups excluding carboxylic acids is 1. The van der Waals surface area contributed by atoms with E-state index >= 15 is 0 Å². The van der Waals surface area contributed by atoms with Gasteiger partial charge in [-0.3, -0.25) is 14.7 Å². The van der Waals surface area contributed by atoms with E-state index in [1.165, 1.54) is 11.0 Å². The van der Waals surface area contributed by atoms with Crippen LogP contribution in [0.4, 0.5) is 8.78 Å². The van der Waals surface area contributed by atoms with Crippen LogP contribution in [0.15, 0.2) is 24.3 Å². The average Bonchev–Trinajstić information content (AvgIpc) is 3.04. The highest BCUT2D eigenvalue weighted by atomic mass is 19.2. The van der Waals surface area contributed by atoms with E-state index in [4.69, 9.17) is 5.11 Å². The Balaban J connectivity index is 2.25. The summed E-state index contributed by atoms with van der Waals surface area (Å²) < 4.78 is 26.5. The summed E-state index contributed by atoms with van der Waals surface area (Å²) in [4.78, 5) is 24.9. The Morgan fingerprint density at radius 2 is 1.88 bits per heavy atom. The third-order valence-corrected chi connectivity index (χ3v) is 3.85. The quantitative estimate of drug-likeness (QED) is 0.824. The summed E-state index contributed by atoms with van der Waals surface area (Å²) in [5, 5.41) is 15.7. The average molecular weight is 365 g/mol. The second-order valence-corrected chi connectivity index (χ2v) is 7.04. The van der Waals surface area contributed by atoms with Crippen molar-refractivity contribution in [3.63, 3.8) is 0 Å². The molecule has 0 aliphatic heterocycles. The fourth-order valence-electron chi connectivity index (χ4n) is 2.32. The second kappa shape index (κ2) is 7.63. The molecule has 6 nitrogen and oxygen atoms in total. The molecule has 0 spiro atoms. The van der Waals surface area contributed by atoms with Gasteiger partial charge in [-0.1, -0.05) is 26.8 Å². The third-order valence-electron chi connectivity index (χ3n) is 3.85. The number of amides is 1. The monoisotopic (exact) mass is 365 g/mol. The number of halogens is 2. The molecule has 1 aromatic heterocycles. The molecule has 0 radical (unpaired) electrons. The van der Waals surface area contributed by atoms with Gasteiger partial charge < -0.3 is 10.0 Å². The van der Waals surface area contributed by atoms with Crippen molar-refractivity contribution < 1.29 is 23.5 Å². The van der Waals surface area contributed by atoms with Crippen molar-refractivity contribution in [1.29, 1.82) is 0 Å². The molecule has 0 aliphatic carbocycles. The predicted molar refractivity (Wildman–Crippen MR) is 90.6 cm³/mol. The summed E-state index contributed by atoms with van der Waals surface area (Å²) in [5.74, 6) is -3.56. The summed E-state index contributed by atoms with van der Waals surface area (Å²) in [5.41, 5.74) is 1.02. The van der Waals surface area contributed by atoms with Gasteiger partial charge in [0.25, 0.3) is 5.91 Å².